The summed E-state index contributed by atoms with van der Waals surface area (Å²) in [5, 5.41) is 8.86. The van der Waals surface area contributed by atoms with E-state index in [-0.39, 0.29) is 0 Å². The highest BCUT2D eigenvalue weighted by atomic mass is 32.2. The quantitative estimate of drug-likeness (QED) is 0.552. The third-order valence-corrected chi connectivity index (χ3v) is 2.19. The number of quaternary nitrogens is 1. The van der Waals surface area contributed by atoms with Gasteiger partial charge in [-0.15, -0.1) is 4.48 Å². The monoisotopic (exact) mass is 220 g/mol. The van der Waals surface area contributed by atoms with Crippen molar-refractivity contribution in [1.82, 2.24) is 0 Å². The van der Waals surface area contributed by atoms with Gasteiger partial charge >= 0.3 is 6.09 Å². The van der Waals surface area contributed by atoms with Crippen molar-refractivity contribution in [1.29, 1.82) is 0 Å². The van der Waals surface area contributed by atoms with Gasteiger partial charge in [0.15, 0.2) is 0 Å². The molecule has 0 aromatic rings. The van der Waals surface area contributed by atoms with E-state index in [0.29, 0.717) is 0 Å². The summed E-state index contributed by atoms with van der Waals surface area (Å²) < 4.78 is 25.1. The van der Waals surface area contributed by atoms with Crippen LogP contribution in [-0.4, -0.2) is 37.1 Å². The van der Waals surface area contributed by atoms with Gasteiger partial charge in [0.1, 0.15) is 12.4 Å². The lowest BCUT2D eigenvalue weighted by atomic mass is 10.6. The van der Waals surface area contributed by atoms with Crippen LogP contribution in [0.1, 0.15) is 0 Å². The van der Waals surface area contributed by atoms with E-state index in [4.69, 9.17) is 5.11 Å². The Balaban J connectivity index is 2.78. The van der Waals surface area contributed by atoms with E-state index >= 15 is 0 Å². The smallest absolute Gasteiger partial charge is 0.435 e. The van der Waals surface area contributed by atoms with Crippen molar-refractivity contribution >= 4 is 16.2 Å². The molecule has 0 atom stereocenters. The summed E-state index contributed by atoms with van der Waals surface area (Å²) in [6.07, 6.45) is 5.36. The molecule has 6 nitrogen and oxygen atoms in total. The summed E-state index contributed by atoms with van der Waals surface area (Å²) >= 11 is 0. The molecule has 1 aliphatic heterocycles. The van der Waals surface area contributed by atoms with Crippen LogP contribution in [0.25, 0.3) is 0 Å². The van der Waals surface area contributed by atoms with Crippen LogP contribution >= 0.6 is 0 Å². The van der Waals surface area contributed by atoms with Crippen molar-refractivity contribution in [3.63, 3.8) is 0 Å². The largest absolute Gasteiger partial charge is 0.525 e. The van der Waals surface area contributed by atoms with Gasteiger partial charge in [-0.2, -0.15) is 13.2 Å². The van der Waals surface area contributed by atoms with Crippen LogP contribution in [0.3, 0.4) is 0 Å². The Hall–Kier alpha value is -1.18. The van der Waals surface area contributed by atoms with Gasteiger partial charge in [0.05, 0.1) is 6.26 Å². The molecule has 0 saturated heterocycles. The van der Waals surface area contributed by atoms with Gasteiger partial charge in [-0.1, -0.05) is 0 Å². The maximum Gasteiger partial charge on any atom is 0.525 e. The number of rotatable bonds is 3. The molecule has 0 bridgehead atoms. The first-order valence-electron chi connectivity index (χ1n) is 3.68. The Morgan fingerprint density at radius 1 is 1.43 bits per heavy atom. The fourth-order valence-corrected chi connectivity index (χ4v) is 1.27. The average molecular weight is 220 g/mol. The highest BCUT2D eigenvalue weighted by Gasteiger charge is 2.36. The van der Waals surface area contributed by atoms with Crippen LogP contribution in [0.4, 0.5) is 4.79 Å². The summed E-state index contributed by atoms with van der Waals surface area (Å²) in [4.78, 5) is 10.8. The summed E-state index contributed by atoms with van der Waals surface area (Å²) in [6.45, 7) is -0.471. The Labute approximate surface area is 81.4 Å². The number of carboxylic acid groups (broad SMARTS) is 1. The first kappa shape index (κ1) is 10.9. The normalized spacial score (nSPS) is 18.6. The Kier molecular flexibility index (Phi) is 2.74. The van der Waals surface area contributed by atoms with Crippen LogP contribution in [-0.2, 0) is 14.3 Å². The highest BCUT2D eigenvalue weighted by molar-refractivity contribution is 7.85. The minimum Gasteiger partial charge on any atom is -0.435 e. The first-order valence-corrected chi connectivity index (χ1v) is 5.50. The van der Waals surface area contributed by atoms with Crippen molar-refractivity contribution in [2.75, 3.05) is 13.0 Å². The molecule has 1 heterocycles. The molecule has 0 radical (unpaired) electrons. The molecule has 0 spiro atoms. The second kappa shape index (κ2) is 3.52. The predicted octanol–water partition coefficient (Wildman–Crippen LogP) is 0.456. The minimum atomic E-state index is -3.63. The SMILES string of the molecule is CS(=O)(=O)OC[N+]1(C(=O)O)C=CC=C1. The summed E-state index contributed by atoms with van der Waals surface area (Å²) in [5.41, 5.74) is 0. The number of carbonyl (C=O) groups is 1. The number of amides is 1. The highest BCUT2D eigenvalue weighted by Crippen LogP contribution is 2.17. The van der Waals surface area contributed by atoms with E-state index in [1.165, 1.54) is 24.6 Å². The van der Waals surface area contributed by atoms with Gasteiger partial charge in [0, 0.05) is 0 Å². The standard InChI is InChI=1S/C7H9NO5S/c1-14(11,12)13-6-8(7(9)10)4-2-3-5-8/h2-5H,6H2,1H3/p+1. The molecule has 1 amide bonds. The molecule has 0 saturated carbocycles. The van der Waals surface area contributed by atoms with E-state index in [9.17, 15) is 13.2 Å². The fourth-order valence-electron chi connectivity index (χ4n) is 0.908. The lowest BCUT2D eigenvalue weighted by Gasteiger charge is -2.20. The van der Waals surface area contributed by atoms with Crippen LogP contribution < -0.4 is 0 Å². The number of allylic oxidation sites excluding steroid dienone is 2. The Bertz CT molecular complexity index is 382. The minimum absolute atomic E-state index is 0.471. The molecule has 1 aliphatic rings. The Morgan fingerprint density at radius 2 is 1.93 bits per heavy atom. The molecule has 0 aliphatic carbocycles. The lowest BCUT2D eigenvalue weighted by Crippen LogP contribution is -2.43. The summed E-state index contributed by atoms with van der Waals surface area (Å²) in [7, 11) is -3.63. The van der Waals surface area contributed by atoms with E-state index in [2.05, 4.69) is 4.18 Å². The Morgan fingerprint density at radius 3 is 2.29 bits per heavy atom. The first-order chi connectivity index (χ1) is 6.36. The second-order valence-electron chi connectivity index (χ2n) is 2.85. The van der Waals surface area contributed by atoms with Crippen LogP contribution in [0, 0.1) is 0 Å². The second-order valence-corrected chi connectivity index (χ2v) is 4.49. The molecule has 0 aromatic heterocycles. The molecule has 0 aromatic carbocycles. The molecule has 1 N–H and O–H groups in total. The molecule has 78 valence electrons. The summed E-state index contributed by atoms with van der Waals surface area (Å²) in [6, 6.07) is 0. The van der Waals surface area contributed by atoms with Crippen molar-refractivity contribution in [3.05, 3.63) is 24.6 Å². The predicted molar refractivity (Wildman–Crippen MR) is 47.4 cm³/mol. The van der Waals surface area contributed by atoms with Gasteiger partial charge in [0.25, 0.3) is 10.1 Å². The fraction of sp³-hybridized carbons (Fsp3) is 0.286. The zero-order chi connectivity index (χ0) is 10.8. The number of nitrogens with zero attached hydrogens (tertiary/aromatic N) is 1. The zero-order valence-electron chi connectivity index (χ0n) is 7.45. The van der Waals surface area contributed by atoms with Gasteiger partial charge in [-0.3, -0.25) is 0 Å². The molecule has 14 heavy (non-hydrogen) atoms. The van der Waals surface area contributed by atoms with Gasteiger partial charge in [-0.05, 0) is 12.2 Å². The van der Waals surface area contributed by atoms with Gasteiger partial charge in [0.2, 0.25) is 6.73 Å². The molecule has 0 fully saturated rings. The van der Waals surface area contributed by atoms with E-state index in [0.717, 1.165) is 6.26 Å². The molecular formula is C7H10NO5S+. The third kappa shape index (κ3) is 2.41. The van der Waals surface area contributed by atoms with Crippen molar-refractivity contribution in [3.8, 4) is 0 Å². The van der Waals surface area contributed by atoms with Crippen LogP contribution in [0.2, 0.25) is 0 Å². The topological polar surface area (TPSA) is 80.7 Å². The molecule has 7 heteroatoms. The van der Waals surface area contributed by atoms with Crippen molar-refractivity contribution in [2.24, 2.45) is 0 Å². The number of hydrogen-bond acceptors (Lipinski definition) is 4. The van der Waals surface area contributed by atoms with Crippen molar-refractivity contribution < 1.29 is 27.0 Å². The maximum atomic E-state index is 10.8. The van der Waals surface area contributed by atoms with Crippen LogP contribution in [0.15, 0.2) is 24.6 Å². The van der Waals surface area contributed by atoms with Crippen LogP contribution in [0.5, 0.6) is 0 Å². The molecule has 1 rings (SSSR count). The zero-order valence-corrected chi connectivity index (χ0v) is 8.27. The van der Waals surface area contributed by atoms with Crippen molar-refractivity contribution in [2.45, 2.75) is 0 Å². The summed E-state index contributed by atoms with van der Waals surface area (Å²) in [5.74, 6) is 0. The third-order valence-electron chi connectivity index (χ3n) is 1.65. The number of hydrogen-bond donors (Lipinski definition) is 1. The molecule has 0 unspecified atom stereocenters. The van der Waals surface area contributed by atoms with Gasteiger partial charge in [-0.25, -0.2) is 4.18 Å². The van der Waals surface area contributed by atoms with E-state index in [1.54, 1.807) is 0 Å². The molecular weight excluding hydrogens is 210 g/mol. The average Bonchev–Trinajstić information content (AvgIpc) is 2.48. The van der Waals surface area contributed by atoms with Gasteiger partial charge < -0.3 is 5.11 Å². The van der Waals surface area contributed by atoms with E-state index < -0.39 is 27.4 Å². The maximum absolute atomic E-state index is 10.8. The lowest BCUT2D eigenvalue weighted by molar-refractivity contribution is -0.768. The van der Waals surface area contributed by atoms with E-state index in [1.807, 2.05) is 0 Å².